The summed E-state index contributed by atoms with van der Waals surface area (Å²) in [5, 5.41) is 9.13. The van der Waals surface area contributed by atoms with Gasteiger partial charge in [0.1, 0.15) is 12.4 Å². The SMILES string of the molecule is CCCCOC(=O)Cc1ccc(C)cc1.O=C(Cc1ccc(O)cc1)OCc1ccccc1. The van der Waals surface area contributed by atoms with Crippen molar-refractivity contribution in [1.29, 1.82) is 0 Å². The quantitative estimate of drug-likeness (QED) is 0.343. The Labute approximate surface area is 196 Å². The summed E-state index contributed by atoms with van der Waals surface area (Å²) in [6.07, 6.45) is 2.59. The van der Waals surface area contributed by atoms with Crippen molar-refractivity contribution in [1.82, 2.24) is 0 Å². The molecule has 0 heterocycles. The van der Waals surface area contributed by atoms with Gasteiger partial charge in [0.25, 0.3) is 0 Å². The molecule has 0 spiro atoms. The molecule has 174 valence electrons. The van der Waals surface area contributed by atoms with Gasteiger partial charge < -0.3 is 14.6 Å². The summed E-state index contributed by atoms with van der Waals surface area (Å²) in [5.41, 5.74) is 4.02. The molecule has 1 N–H and O–H groups in total. The van der Waals surface area contributed by atoms with Gasteiger partial charge in [-0.2, -0.15) is 0 Å². The molecule has 3 aromatic carbocycles. The molecule has 0 saturated heterocycles. The second-order valence-electron chi connectivity index (χ2n) is 7.73. The number of carbonyl (C=O) groups is 2. The molecular formula is C28H32O5. The van der Waals surface area contributed by atoms with Crippen LogP contribution in [0.15, 0.2) is 78.9 Å². The Morgan fingerprint density at radius 3 is 1.85 bits per heavy atom. The maximum atomic E-state index is 11.6. The van der Waals surface area contributed by atoms with Gasteiger partial charge in [0.15, 0.2) is 0 Å². The number of aryl methyl sites for hydroxylation is 1. The van der Waals surface area contributed by atoms with Gasteiger partial charge in [-0.1, -0.05) is 85.6 Å². The molecule has 0 aromatic heterocycles. The van der Waals surface area contributed by atoms with Crippen LogP contribution in [-0.2, 0) is 38.5 Å². The molecule has 3 aromatic rings. The summed E-state index contributed by atoms with van der Waals surface area (Å²) >= 11 is 0. The Hall–Kier alpha value is -3.60. The lowest BCUT2D eigenvalue weighted by Crippen LogP contribution is -2.08. The van der Waals surface area contributed by atoms with Gasteiger partial charge in [0.2, 0.25) is 0 Å². The third kappa shape index (κ3) is 11.0. The molecule has 0 fully saturated rings. The first-order chi connectivity index (χ1) is 16.0. The first-order valence-corrected chi connectivity index (χ1v) is 11.1. The minimum absolute atomic E-state index is 0.132. The topological polar surface area (TPSA) is 72.8 Å². The lowest BCUT2D eigenvalue weighted by Gasteiger charge is -2.05. The van der Waals surface area contributed by atoms with E-state index in [1.165, 1.54) is 5.56 Å². The number of rotatable bonds is 9. The van der Waals surface area contributed by atoms with Crippen LogP contribution in [0, 0.1) is 6.92 Å². The fraction of sp³-hybridized carbons (Fsp3) is 0.286. The number of hydrogen-bond acceptors (Lipinski definition) is 5. The molecular weight excluding hydrogens is 416 g/mol. The Balaban J connectivity index is 0.000000238. The molecule has 0 aliphatic heterocycles. The molecule has 0 amide bonds. The Morgan fingerprint density at radius 1 is 0.727 bits per heavy atom. The first kappa shape index (κ1) is 25.7. The predicted octanol–water partition coefficient (Wildman–Crippen LogP) is 5.56. The predicted molar refractivity (Wildman–Crippen MR) is 129 cm³/mol. The number of aromatic hydroxyl groups is 1. The third-order valence-electron chi connectivity index (χ3n) is 4.76. The van der Waals surface area contributed by atoms with Gasteiger partial charge >= 0.3 is 11.9 Å². The molecule has 33 heavy (non-hydrogen) atoms. The number of ether oxygens (including phenoxy) is 2. The van der Waals surface area contributed by atoms with Crippen molar-refractivity contribution in [3.05, 3.63) is 101 Å². The van der Waals surface area contributed by atoms with Crippen molar-refractivity contribution in [2.45, 2.75) is 46.1 Å². The van der Waals surface area contributed by atoms with Gasteiger partial charge in [-0.3, -0.25) is 9.59 Å². The zero-order valence-electron chi connectivity index (χ0n) is 19.3. The molecule has 5 heteroatoms. The van der Waals surface area contributed by atoms with Gasteiger partial charge in [-0.15, -0.1) is 0 Å². The molecule has 0 unspecified atom stereocenters. The van der Waals surface area contributed by atoms with Crippen molar-refractivity contribution in [2.75, 3.05) is 6.61 Å². The van der Waals surface area contributed by atoms with Gasteiger partial charge in [0, 0.05) is 0 Å². The van der Waals surface area contributed by atoms with E-state index in [0.29, 0.717) is 13.0 Å². The summed E-state index contributed by atoms with van der Waals surface area (Å²) in [4.78, 5) is 22.9. The number of benzene rings is 3. The molecule has 0 aliphatic carbocycles. The van der Waals surface area contributed by atoms with Crippen LogP contribution < -0.4 is 0 Å². The summed E-state index contributed by atoms with van der Waals surface area (Å²) in [7, 11) is 0. The fourth-order valence-electron chi connectivity index (χ4n) is 2.82. The van der Waals surface area contributed by atoms with Crippen LogP contribution in [0.5, 0.6) is 5.75 Å². The van der Waals surface area contributed by atoms with E-state index >= 15 is 0 Å². The van der Waals surface area contributed by atoms with Gasteiger partial charge in [-0.05, 0) is 42.2 Å². The second kappa shape index (κ2) is 14.5. The van der Waals surface area contributed by atoms with Crippen LogP contribution in [0.25, 0.3) is 0 Å². The minimum Gasteiger partial charge on any atom is -0.508 e. The van der Waals surface area contributed by atoms with E-state index in [-0.39, 0.29) is 30.7 Å². The number of hydrogen-bond donors (Lipinski definition) is 1. The highest BCUT2D eigenvalue weighted by atomic mass is 16.5. The summed E-state index contributed by atoms with van der Waals surface area (Å²) < 4.78 is 10.2. The lowest BCUT2D eigenvalue weighted by molar-refractivity contribution is -0.144. The van der Waals surface area contributed by atoms with E-state index in [9.17, 15) is 9.59 Å². The molecule has 0 aliphatic rings. The van der Waals surface area contributed by atoms with Crippen molar-refractivity contribution >= 4 is 11.9 Å². The number of phenolic OH excluding ortho intramolecular Hbond substituents is 1. The standard InChI is InChI=1S/C15H14O3.C13H18O2/c16-14-8-6-12(7-9-14)10-15(17)18-11-13-4-2-1-3-5-13;1-3-4-9-15-13(14)10-12-7-5-11(2)6-8-12/h1-9,16H,10-11H2;5-8H,3-4,9-10H2,1-2H3. The molecule has 0 saturated carbocycles. The molecule has 5 nitrogen and oxygen atoms in total. The van der Waals surface area contributed by atoms with Crippen LogP contribution in [0.3, 0.4) is 0 Å². The van der Waals surface area contributed by atoms with E-state index in [1.54, 1.807) is 24.3 Å². The number of unbranched alkanes of at least 4 members (excludes halogenated alkanes) is 1. The maximum Gasteiger partial charge on any atom is 0.310 e. The smallest absolute Gasteiger partial charge is 0.310 e. The number of phenols is 1. The highest BCUT2D eigenvalue weighted by molar-refractivity contribution is 5.73. The highest BCUT2D eigenvalue weighted by Crippen LogP contribution is 2.11. The van der Waals surface area contributed by atoms with Crippen molar-refractivity contribution in [3.8, 4) is 5.75 Å². The lowest BCUT2D eigenvalue weighted by atomic mass is 10.1. The Kier molecular flexibility index (Phi) is 11.2. The van der Waals surface area contributed by atoms with Crippen LogP contribution in [0.1, 0.15) is 42.0 Å². The average molecular weight is 449 g/mol. The number of esters is 2. The van der Waals surface area contributed by atoms with E-state index in [4.69, 9.17) is 14.6 Å². The monoisotopic (exact) mass is 448 g/mol. The van der Waals surface area contributed by atoms with Gasteiger partial charge in [-0.25, -0.2) is 0 Å². The molecule has 0 radical (unpaired) electrons. The summed E-state index contributed by atoms with van der Waals surface area (Å²) in [6, 6.07) is 24.0. The second-order valence-corrected chi connectivity index (χ2v) is 7.73. The van der Waals surface area contributed by atoms with Gasteiger partial charge in [0.05, 0.1) is 19.4 Å². The average Bonchev–Trinajstić information content (AvgIpc) is 2.82. The molecule has 0 atom stereocenters. The highest BCUT2D eigenvalue weighted by Gasteiger charge is 2.05. The molecule has 0 bridgehead atoms. The van der Waals surface area contributed by atoms with Crippen LogP contribution in [-0.4, -0.2) is 23.7 Å². The number of carbonyl (C=O) groups excluding carboxylic acids is 2. The van der Waals surface area contributed by atoms with E-state index in [2.05, 4.69) is 6.92 Å². The normalized spacial score (nSPS) is 10.0. The van der Waals surface area contributed by atoms with Crippen molar-refractivity contribution in [2.24, 2.45) is 0 Å². The third-order valence-corrected chi connectivity index (χ3v) is 4.76. The molecule has 3 rings (SSSR count). The van der Waals surface area contributed by atoms with Crippen LogP contribution in [0.4, 0.5) is 0 Å². The minimum atomic E-state index is -0.274. The van der Waals surface area contributed by atoms with E-state index in [0.717, 1.165) is 29.5 Å². The zero-order valence-corrected chi connectivity index (χ0v) is 19.3. The largest absolute Gasteiger partial charge is 0.508 e. The Bertz CT molecular complexity index is 963. The maximum absolute atomic E-state index is 11.6. The summed E-state index contributed by atoms with van der Waals surface area (Å²) in [6.45, 7) is 4.94. The fourth-order valence-corrected chi connectivity index (χ4v) is 2.82. The van der Waals surface area contributed by atoms with Crippen LogP contribution >= 0.6 is 0 Å². The Morgan fingerprint density at radius 2 is 1.27 bits per heavy atom. The van der Waals surface area contributed by atoms with E-state index in [1.807, 2.05) is 61.5 Å². The zero-order chi connectivity index (χ0) is 23.9. The van der Waals surface area contributed by atoms with Crippen molar-refractivity contribution in [3.63, 3.8) is 0 Å². The van der Waals surface area contributed by atoms with E-state index < -0.39 is 0 Å². The summed E-state index contributed by atoms with van der Waals surface area (Å²) in [5.74, 6) is -0.215. The van der Waals surface area contributed by atoms with Crippen molar-refractivity contribution < 1.29 is 24.2 Å². The first-order valence-electron chi connectivity index (χ1n) is 11.1. The van der Waals surface area contributed by atoms with Crippen LogP contribution in [0.2, 0.25) is 0 Å².